The van der Waals surface area contributed by atoms with Gasteiger partial charge in [-0.25, -0.2) is 4.39 Å². The second-order valence-electron chi connectivity index (χ2n) is 2.41. The van der Waals surface area contributed by atoms with Gasteiger partial charge in [-0.05, 0) is 12.1 Å². The van der Waals surface area contributed by atoms with Gasteiger partial charge in [0.05, 0.1) is 5.88 Å². The van der Waals surface area contributed by atoms with Gasteiger partial charge in [0.1, 0.15) is 5.82 Å². The molecule has 1 aromatic carbocycles. The summed E-state index contributed by atoms with van der Waals surface area (Å²) in [7, 11) is 0. The average Bonchev–Trinajstić information content (AvgIpc) is 2.46. The molecule has 1 aliphatic heterocycles. The largest absolute Gasteiger partial charge is 0.450 e. The molecule has 12 heavy (non-hydrogen) atoms. The number of fused-ring (bicyclic) bond motifs is 1. The number of rotatable bonds is 1. The highest BCUT2D eigenvalue weighted by Gasteiger charge is 2.23. The van der Waals surface area contributed by atoms with E-state index in [2.05, 4.69) is 0 Å². The molecule has 0 fully saturated rings. The zero-order chi connectivity index (χ0) is 8.55. The van der Waals surface area contributed by atoms with Crippen LogP contribution in [0.1, 0.15) is 0 Å². The Balaban J connectivity index is 2.30. The molecular formula is C8H6ClFO2. The van der Waals surface area contributed by atoms with E-state index in [1.54, 1.807) is 0 Å². The molecule has 0 unspecified atom stereocenters. The van der Waals surface area contributed by atoms with Crippen molar-refractivity contribution in [3.63, 3.8) is 0 Å². The maximum atomic E-state index is 12.6. The lowest BCUT2D eigenvalue weighted by Crippen LogP contribution is -2.19. The van der Waals surface area contributed by atoms with Crippen LogP contribution in [-0.4, -0.2) is 12.2 Å². The normalized spacial score (nSPS) is 19.7. The molecule has 1 atom stereocenters. The summed E-state index contributed by atoms with van der Waals surface area (Å²) in [4.78, 5) is 0. The lowest BCUT2D eigenvalue weighted by molar-refractivity contribution is 0.0710. The molecule has 1 heterocycles. The van der Waals surface area contributed by atoms with Crippen LogP contribution in [-0.2, 0) is 0 Å². The van der Waals surface area contributed by atoms with Crippen molar-refractivity contribution in [2.24, 2.45) is 0 Å². The predicted molar refractivity (Wildman–Crippen MR) is 42.2 cm³/mol. The van der Waals surface area contributed by atoms with Crippen LogP contribution in [0.5, 0.6) is 11.5 Å². The van der Waals surface area contributed by atoms with Crippen molar-refractivity contribution < 1.29 is 13.9 Å². The SMILES string of the molecule is Fc1ccc2c(c1)O[C@@H](CCl)O2. The van der Waals surface area contributed by atoms with Crippen LogP contribution in [0.15, 0.2) is 18.2 Å². The molecule has 0 amide bonds. The summed E-state index contributed by atoms with van der Waals surface area (Å²) in [5.74, 6) is 0.853. The average molecular weight is 189 g/mol. The number of hydrogen-bond acceptors (Lipinski definition) is 2. The second kappa shape index (κ2) is 2.83. The Morgan fingerprint density at radius 2 is 2.08 bits per heavy atom. The van der Waals surface area contributed by atoms with Crippen molar-refractivity contribution in [1.82, 2.24) is 0 Å². The van der Waals surface area contributed by atoms with Gasteiger partial charge >= 0.3 is 0 Å². The summed E-state index contributed by atoms with van der Waals surface area (Å²) >= 11 is 5.49. The van der Waals surface area contributed by atoms with Gasteiger partial charge in [-0.3, -0.25) is 0 Å². The van der Waals surface area contributed by atoms with Gasteiger partial charge in [0.2, 0.25) is 0 Å². The third-order valence-corrected chi connectivity index (χ3v) is 1.80. The minimum absolute atomic E-state index is 0.232. The lowest BCUT2D eigenvalue weighted by atomic mass is 10.3. The summed E-state index contributed by atoms with van der Waals surface area (Å²) in [6.45, 7) is 0. The third-order valence-electron chi connectivity index (χ3n) is 1.55. The van der Waals surface area contributed by atoms with Crippen molar-refractivity contribution in [1.29, 1.82) is 0 Å². The minimum atomic E-state index is -0.483. The summed E-state index contributed by atoms with van der Waals surface area (Å²) in [6, 6.07) is 4.12. The zero-order valence-electron chi connectivity index (χ0n) is 6.09. The highest BCUT2D eigenvalue weighted by atomic mass is 35.5. The van der Waals surface area contributed by atoms with Crippen molar-refractivity contribution in [3.8, 4) is 11.5 Å². The van der Waals surface area contributed by atoms with E-state index in [1.165, 1.54) is 18.2 Å². The number of benzene rings is 1. The number of halogens is 2. The van der Waals surface area contributed by atoms with Gasteiger partial charge in [-0.2, -0.15) is 0 Å². The first-order chi connectivity index (χ1) is 5.79. The molecule has 0 aromatic heterocycles. The molecule has 2 rings (SSSR count). The summed E-state index contributed by atoms with van der Waals surface area (Å²) in [5, 5.41) is 0. The van der Waals surface area contributed by atoms with Crippen molar-refractivity contribution in [2.75, 3.05) is 5.88 Å². The first kappa shape index (κ1) is 7.68. The quantitative estimate of drug-likeness (QED) is 0.629. The fourth-order valence-corrected chi connectivity index (χ4v) is 1.17. The summed E-state index contributed by atoms with van der Waals surface area (Å²) in [6.07, 6.45) is -0.483. The molecule has 4 heteroatoms. The van der Waals surface area contributed by atoms with Crippen molar-refractivity contribution in [2.45, 2.75) is 6.29 Å². The molecule has 0 bridgehead atoms. The molecular weight excluding hydrogens is 183 g/mol. The second-order valence-corrected chi connectivity index (χ2v) is 2.72. The monoisotopic (exact) mass is 188 g/mol. The van der Waals surface area contributed by atoms with E-state index < -0.39 is 6.29 Å². The first-order valence-electron chi connectivity index (χ1n) is 3.48. The molecule has 0 N–H and O–H groups in total. The number of ether oxygens (including phenoxy) is 2. The van der Waals surface area contributed by atoms with Gasteiger partial charge in [0.25, 0.3) is 6.29 Å². The molecule has 0 spiro atoms. The summed E-state index contributed by atoms with van der Waals surface area (Å²) < 4.78 is 23.0. The van der Waals surface area contributed by atoms with Crippen LogP contribution < -0.4 is 9.47 Å². The maximum Gasteiger partial charge on any atom is 0.254 e. The summed E-state index contributed by atoms with van der Waals surface area (Å²) in [5.41, 5.74) is 0. The zero-order valence-corrected chi connectivity index (χ0v) is 6.84. The van der Waals surface area contributed by atoms with Crippen LogP contribution in [0.3, 0.4) is 0 Å². The molecule has 0 radical (unpaired) electrons. The van der Waals surface area contributed by atoms with Crippen molar-refractivity contribution in [3.05, 3.63) is 24.0 Å². The molecule has 0 saturated carbocycles. The van der Waals surface area contributed by atoms with E-state index in [4.69, 9.17) is 21.1 Å². The van der Waals surface area contributed by atoms with E-state index in [-0.39, 0.29) is 11.7 Å². The first-order valence-corrected chi connectivity index (χ1v) is 4.02. The number of hydrogen-bond donors (Lipinski definition) is 0. The highest BCUT2D eigenvalue weighted by molar-refractivity contribution is 6.18. The van der Waals surface area contributed by atoms with Gasteiger partial charge < -0.3 is 9.47 Å². The van der Waals surface area contributed by atoms with E-state index in [1.807, 2.05) is 0 Å². The molecule has 64 valence electrons. The van der Waals surface area contributed by atoms with Gasteiger partial charge in [0, 0.05) is 6.07 Å². The third kappa shape index (κ3) is 1.20. The van der Waals surface area contributed by atoms with Gasteiger partial charge in [-0.1, -0.05) is 0 Å². The Morgan fingerprint density at radius 1 is 1.33 bits per heavy atom. The van der Waals surface area contributed by atoms with Gasteiger partial charge in [-0.15, -0.1) is 11.6 Å². The molecule has 2 nitrogen and oxygen atoms in total. The Bertz CT molecular complexity index is 303. The van der Waals surface area contributed by atoms with Crippen LogP contribution in [0.2, 0.25) is 0 Å². The van der Waals surface area contributed by atoms with E-state index >= 15 is 0 Å². The van der Waals surface area contributed by atoms with E-state index in [0.717, 1.165) is 0 Å². The molecule has 1 aliphatic rings. The van der Waals surface area contributed by atoms with Crippen LogP contribution >= 0.6 is 11.6 Å². The maximum absolute atomic E-state index is 12.6. The number of alkyl halides is 1. The molecule has 0 aliphatic carbocycles. The van der Waals surface area contributed by atoms with E-state index in [9.17, 15) is 4.39 Å². The smallest absolute Gasteiger partial charge is 0.254 e. The lowest BCUT2D eigenvalue weighted by Gasteiger charge is -2.03. The van der Waals surface area contributed by atoms with Crippen molar-refractivity contribution >= 4 is 11.6 Å². The Kier molecular flexibility index (Phi) is 1.81. The minimum Gasteiger partial charge on any atom is -0.450 e. The van der Waals surface area contributed by atoms with Crippen LogP contribution in [0.4, 0.5) is 4.39 Å². The van der Waals surface area contributed by atoms with Gasteiger partial charge in [0.15, 0.2) is 11.5 Å². The Morgan fingerprint density at radius 3 is 2.83 bits per heavy atom. The highest BCUT2D eigenvalue weighted by Crippen LogP contribution is 2.34. The van der Waals surface area contributed by atoms with Crippen LogP contribution in [0.25, 0.3) is 0 Å². The fourth-order valence-electron chi connectivity index (χ4n) is 1.04. The predicted octanol–water partition coefficient (Wildman–Crippen LogP) is 2.16. The topological polar surface area (TPSA) is 18.5 Å². The molecule has 0 saturated heterocycles. The van der Waals surface area contributed by atoms with E-state index in [0.29, 0.717) is 11.5 Å². The Hall–Kier alpha value is -0.960. The molecule has 1 aromatic rings. The Labute approximate surface area is 73.9 Å². The fraction of sp³-hybridized carbons (Fsp3) is 0.250. The standard InChI is InChI=1S/C8H6ClFO2/c9-4-8-11-6-2-1-5(10)3-7(6)12-8/h1-3,8H,4H2/t8-/m0/s1. The van der Waals surface area contributed by atoms with Crippen LogP contribution in [0, 0.1) is 5.82 Å².